The number of hydrogen-bond acceptors (Lipinski definition) is 3. The van der Waals surface area contributed by atoms with E-state index < -0.39 is 0 Å². The summed E-state index contributed by atoms with van der Waals surface area (Å²) >= 11 is 0. The zero-order valence-corrected chi connectivity index (χ0v) is 14.6. The summed E-state index contributed by atoms with van der Waals surface area (Å²) in [4.78, 5) is 19.0. The van der Waals surface area contributed by atoms with Gasteiger partial charge in [-0.05, 0) is 56.2 Å². The van der Waals surface area contributed by atoms with Gasteiger partial charge in [-0.1, -0.05) is 6.07 Å². The molecule has 2 aromatic rings. The maximum Gasteiger partial charge on any atom is 0.222 e. The van der Waals surface area contributed by atoms with Crippen LogP contribution in [0, 0.1) is 12.8 Å². The van der Waals surface area contributed by atoms with E-state index in [1.54, 1.807) is 6.20 Å². The Morgan fingerprint density at radius 1 is 1.33 bits per heavy atom. The van der Waals surface area contributed by atoms with Crippen molar-refractivity contribution < 1.29 is 4.79 Å². The number of hydrogen-bond donors (Lipinski definition) is 0. The van der Waals surface area contributed by atoms with Crippen molar-refractivity contribution in [1.29, 1.82) is 0 Å². The predicted molar refractivity (Wildman–Crippen MR) is 93.5 cm³/mol. The molecule has 128 valence electrons. The molecule has 5 nitrogen and oxygen atoms in total. The quantitative estimate of drug-likeness (QED) is 0.848. The van der Waals surface area contributed by atoms with E-state index in [-0.39, 0.29) is 5.91 Å². The second-order valence-electron chi connectivity index (χ2n) is 6.81. The smallest absolute Gasteiger partial charge is 0.222 e. The minimum atomic E-state index is 0.267. The summed E-state index contributed by atoms with van der Waals surface area (Å²) in [6.45, 7) is 3.78. The van der Waals surface area contributed by atoms with Crippen molar-refractivity contribution in [1.82, 2.24) is 19.7 Å². The lowest BCUT2D eigenvalue weighted by molar-refractivity contribution is -0.133. The van der Waals surface area contributed by atoms with Gasteiger partial charge in [0.05, 0.1) is 0 Å². The van der Waals surface area contributed by atoms with Gasteiger partial charge in [0.25, 0.3) is 0 Å². The van der Waals surface area contributed by atoms with E-state index >= 15 is 0 Å². The molecular weight excluding hydrogens is 300 g/mol. The first-order valence-electron chi connectivity index (χ1n) is 8.78. The monoisotopic (exact) mass is 326 g/mol. The minimum Gasteiger partial charge on any atom is -0.342 e. The van der Waals surface area contributed by atoms with Crippen LogP contribution >= 0.6 is 0 Å². The fourth-order valence-electron chi connectivity index (χ4n) is 3.45. The highest BCUT2D eigenvalue weighted by molar-refractivity contribution is 5.76. The molecule has 5 heteroatoms. The second-order valence-corrected chi connectivity index (χ2v) is 6.81. The van der Waals surface area contributed by atoms with Crippen molar-refractivity contribution in [3.05, 3.63) is 47.5 Å². The number of piperidine rings is 1. The van der Waals surface area contributed by atoms with Gasteiger partial charge < -0.3 is 4.90 Å². The number of rotatable bonds is 5. The number of amides is 1. The average molecular weight is 326 g/mol. The maximum atomic E-state index is 12.5. The summed E-state index contributed by atoms with van der Waals surface area (Å²) < 4.78 is 1.84. The van der Waals surface area contributed by atoms with Gasteiger partial charge >= 0.3 is 0 Å². The summed E-state index contributed by atoms with van der Waals surface area (Å²) in [6, 6.07) is 6.21. The second kappa shape index (κ2) is 7.60. The molecule has 1 amide bonds. The van der Waals surface area contributed by atoms with Crippen LogP contribution in [0.4, 0.5) is 0 Å². The lowest BCUT2D eigenvalue weighted by Gasteiger charge is -2.33. The first-order chi connectivity index (χ1) is 11.6. The van der Waals surface area contributed by atoms with E-state index in [2.05, 4.69) is 22.2 Å². The van der Waals surface area contributed by atoms with Gasteiger partial charge in [-0.25, -0.2) is 0 Å². The number of likely N-dealkylation sites (tertiary alicyclic amines) is 1. The van der Waals surface area contributed by atoms with Crippen molar-refractivity contribution in [3.63, 3.8) is 0 Å². The molecule has 0 aliphatic carbocycles. The molecule has 1 unspecified atom stereocenters. The van der Waals surface area contributed by atoms with E-state index in [0.29, 0.717) is 12.3 Å². The summed E-state index contributed by atoms with van der Waals surface area (Å²) in [6.07, 6.45) is 8.39. The van der Waals surface area contributed by atoms with Crippen molar-refractivity contribution >= 4 is 5.91 Å². The third kappa shape index (κ3) is 4.22. The highest BCUT2D eigenvalue weighted by atomic mass is 16.2. The lowest BCUT2D eigenvalue weighted by Crippen LogP contribution is -2.40. The van der Waals surface area contributed by atoms with Crippen LogP contribution in [0.15, 0.2) is 30.6 Å². The zero-order chi connectivity index (χ0) is 16.9. The first kappa shape index (κ1) is 16.7. The van der Waals surface area contributed by atoms with Gasteiger partial charge in [-0.2, -0.15) is 5.10 Å². The predicted octanol–water partition coefficient (Wildman–Crippen LogP) is 2.54. The van der Waals surface area contributed by atoms with Crippen LogP contribution in [0.2, 0.25) is 0 Å². The molecule has 1 aliphatic rings. The van der Waals surface area contributed by atoms with Crippen LogP contribution in [0.25, 0.3) is 0 Å². The normalized spacial score (nSPS) is 17.9. The number of aryl methyl sites for hydroxylation is 3. The van der Waals surface area contributed by atoms with E-state index in [0.717, 1.165) is 43.7 Å². The standard InChI is InChI=1S/C19H26N4O/c1-15-5-6-16(13-20-15)12-17-4-3-11-23(14-17)19(24)8-7-18-9-10-21-22(18)2/h5-6,9-10,13,17H,3-4,7-8,11-12,14H2,1-2H3. The molecule has 0 N–H and O–H groups in total. The Kier molecular flexibility index (Phi) is 5.28. The third-order valence-corrected chi connectivity index (χ3v) is 4.89. The van der Waals surface area contributed by atoms with Crippen LogP contribution in [-0.2, 0) is 24.7 Å². The fraction of sp³-hybridized carbons (Fsp3) is 0.526. The maximum absolute atomic E-state index is 12.5. The van der Waals surface area contributed by atoms with Gasteiger partial charge in [0, 0.05) is 50.3 Å². The van der Waals surface area contributed by atoms with Crippen molar-refractivity contribution in [2.24, 2.45) is 13.0 Å². The van der Waals surface area contributed by atoms with Crippen LogP contribution < -0.4 is 0 Å². The van der Waals surface area contributed by atoms with E-state index in [1.807, 2.05) is 35.8 Å². The Bertz CT molecular complexity index is 677. The van der Waals surface area contributed by atoms with Gasteiger partial charge in [-0.15, -0.1) is 0 Å². The number of carbonyl (C=O) groups excluding carboxylic acids is 1. The average Bonchev–Trinajstić information content (AvgIpc) is 3.00. The molecule has 2 aromatic heterocycles. The van der Waals surface area contributed by atoms with Crippen LogP contribution in [0.3, 0.4) is 0 Å². The molecule has 0 radical (unpaired) electrons. The van der Waals surface area contributed by atoms with Crippen LogP contribution in [-0.4, -0.2) is 38.7 Å². The molecule has 1 aliphatic heterocycles. The highest BCUT2D eigenvalue weighted by Gasteiger charge is 2.23. The Morgan fingerprint density at radius 3 is 2.92 bits per heavy atom. The Labute approximate surface area is 143 Å². The van der Waals surface area contributed by atoms with E-state index in [9.17, 15) is 4.79 Å². The molecule has 0 spiro atoms. The fourth-order valence-corrected chi connectivity index (χ4v) is 3.45. The van der Waals surface area contributed by atoms with Gasteiger partial charge in [-0.3, -0.25) is 14.5 Å². The zero-order valence-electron chi connectivity index (χ0n) is 14.6. The summed E-state index contributed by atoms with van der Waals surface area (Å²) in [5, 5.41) is 4.16. The van der Waals surface area contributed by atoms with Crippen molar-refractivity contribution in [2.75, 3.05) is 13.1 Å². The van der Waals surface area contributed by atoms with Gasteiger partial charge in [0.15, 0.2) is 0 Å². The minimum absolute atomic E-state index is 0.267. The number of pyridine rings is 1. The molecule has 1 saturated heterocycles. The van der Waals surface area contributed by atoms with Crippen LogP contribution in [0.1, 0.15) is 36.2 Å². The van der Waals surface area contributed by atoms with Gasteiger partial charge in [0.1, 0.15) is 0 Å². The number of nitrogens with zero attached hydrogens (tertiary/aromatic N) is 4. The van der Waals surface area contributed by atoms with Gasteiger partial charge in [0.2, 0.25) is 5.91 Å². The first-order valence-corrected chi connectivity index (χ1v) is 8.78. The Morgan fingerprint density at radius 2 is 2.21 bits per heavy atom. The Balaban J connectivity index is 1.51. The van der Waals surface area contributed by atoms with E-state index in [1.165, 1.54) is 12.0 Å². The number of aromatic nitrogens is 3. The summed E-state index contributed by atoms with van der Waals surface area (Å²) in [5.41, 5.74) is 3.44. The van der Waals surface area contributed by atoms with Crippen molar-refractivity contribution in [2.45, 2.75) is 39.0 Å². The molecule has 1 fully saturated rings. The molecule has 3 rings (SSSR count). The third-order valence-electron chi connectivity index (χ3n) is 4.89. The van der Waals surface area contributed by atoms with Crippen LogP contribution in [0.5, 0.6) is 0 Å². The van der Waals surface area contributed by atoms with E-state index in [4.69, 9.17) is 0 Å². The molecule has 0 bridgehead atoms. The molecule has 0 aromatic carbocycles. The lowest BCUT2D eigenvalue weighted by atomic mass is 9.91. The molecule has 3 heterocycles. The molecule has 24 heavy (non-hydrogen) atoms. The topological polar surface area (TPSA) is 51.0 Å². The SMILES string of the molecule is Cc1ccc(CC2CCCN(C(=O)CCc3ccnn3C)C2)cn1. The largest absolute Gasteiger partial charge is 0.342 e. The molecular formula is C19H26N4O. The Hall–Kier alpha value is -2.17. The summed E-state index contributed by atoms with van der Waals surface area (Å²) in [5.74, 6) is 0.812. The summed E-state index contributed by atoms with van der Waals surface area (Å²) in [7, 11) is 1.92. The highest BCUT2D eigenvalue weighted by Crippen LogP contribution is 2.21. The molecule has 0 saturated carbocycles. The van der Waals surface area contributed by atoms with Crippen molar-refractivity contribution in [3.8, 4) is 0 Å². The molecule has 1 atom stereocenters. The number of carbonyl (C=O) groups is 1.